The lowest BCUT2D eigenvalue weighted by molar-refractivity contribution is 0.133. The van der Waals surface area contributed by atoms with Crippen molar-refractivity contribution in [2.24, 2.45) is 16.7 Å². The van der Waals surface area contributed by atoms with Gasteiger partial charge in [-0.2, -0.15) is 0 Å². The van der Waals surface area contributed by atoms with Gasteiger partial charge in [-0.1, -0.05) is 32.9 Å². The maximum absolute atomic E-state index is 10.3. The monoisotopic (exact) mass is 244 g/mol. The standard InChI is InChI=1S/C17H24O/c1-11-5-6-13(15(18)9-11)14-10-12-7-8-17(14,4)16(12,2)3/h5-6,9,12,14,18H,7-8,10H2,1-4H3. The van der Waals surface area contributed by atoms with Crippen LogP contribution >= 0.6 is 0 Å². The number of phenolic OH excluding ortho intramolecular Hbond substituents is 1. The third-order valence-corrected chi connectivity index (χ3v) is 6.36. The first kappa shape index (κ1) is 12.1. The van der Waals surface area contributed by atoms with Crippen molar-refractivity contribution in [2.75, 3.05) is 0 Å². The van der Waals surface area contributed by atoms with Gasteiger partial charge in [0.25, 0.3) is 0 Å². The van der Waals surface area contributed by atoms with Crippen LogP contribution in [0.4, 0.5) is 0 Å². The van der Waals surface area contributed by atoms with Crippen molar-refractivity contribution >= 4 is 0 Å². The highest BCUT2D eigenvalue weighted by Crippen LogP contribution is 2.71. The lowest BCUT2D eigenvalue weighted by atomic mass is 9.65. The summed E-state index contributed by atoms with van der Waals surface area (Å²) in [5.74, 6) is 1.87. The molecule has 3 unspecified atom stereocenters. The molecule has 1 N–H and O–H groups in total. The molecule has 0 aromatic heterocycles. The summed E-state index contributed by atoms with van der Waals surface area (Å²) < 4.78 is 0. The maximum Gasteiger partial charge on any atom is 0.119 e. The molecule has 2 aliphatic carbocycles. The Morgan fingerprint density at radius 3 is 2.44 bits per heavy atom. The van der Waals surface area contributed by atoms with Gasteiger partial charge in [0.15, 0.2) is 0 Å². The molecule has 0 spiro atoms. The van der Waals surface area contributed by atoms with Crippen LogP contribution in [0.5, 0.6) is 5.75 Å². The van der Waals surface area contributed by atoms with Gasteiger partial charge in [-0.3, -0.25) is 0 Å². The number of hydrogen-bond donors (Lipinski definition) is 1. The van der Waals surface area contributed by atoms with Gasteiger partial charge >= 0.3 is 0 Å². The lowest BCUT2D eigenvalue weighted by Crippen LogP contribution is -2.31. The van der Waals surface area contributed by atoms with Crippen LogP contribution in [0.15, 0.2) is 18.2 Å². The van der Waals surface area contributed by atoms with Gasteiger partial charge in [-0.05, 0) is 66.0 Å². The summed E-state index contributed by atoms with van der Waals surface area (Å²) in [6, 6.07) is 6.20. The van der Waals surface area contributed by atoms with Crippen LogP contribution in [-0.2, 0) is 0 Å². The molecule has 0 saturated heterocycles. The molecule has 1 nitrogen and oxygen atoms in total. The van der Waals surface area contributed by atoms with E-state index in [2.05, 4.69) is 32.9 Å². The Labute approximate surface area is 110 Å². The molecular weight excluding hydrogens is 220 g/mol. The molecule has 2 aliphatic rings. The van der Waals surface area contributed by atoms with E-state index in [0.717, 1.165) is 11.5 Å². The smallest absolute Gasteiger partial charge is 0.119 e. The Balaban J connectivity index is 2.05. The lowest BCUT2D eigenvalue weighted by Gasteiger charge is -2.39. The van der Waals surface area contributed by atoms with Gasteiger partial charge in [0.2, 0.25) is 0 Å². The highest BCUT2D eigenvalue weighted by atomic mass is 16.3. The topological polar surface area (TPSA) is 20.2 Å². The summed E-state index contributed by atoms with van der Waals surface area (Å²) in [6.07, 6.45) is 3.93. The number of aromatic hydroxyl groups is 1. The van der Waals surface area contributed by atoms with Crippen LogP contribution in [-0.4, -0.2) is 5.11 Å². The minimum atomic E-state index is 0.352. The molecular formula is C17H24O. The zero-order valence-electron chi connectivity index (χ0n) is 12.0. The molecule has 3 atom stereocenters. The average molecular weight is 244 g/mol. The van der Waals surface area contributed by atoms with Gasteiger partial charge in [-0.25, -0.2) is 0 Å². The Kier molecular flexibility index (Phi) is 2.36. The van der Waals surface area contributed by atoms with Crippen molar-refractivity contribution in [1.82, 2.24) is 0 Å². The summed E-state index contributed by atoms with van der Waals surface area (Å²) >= 11 is 0. The molecule has 1 aromatic carbocycles. The SMILES string of the molecule is Cc1ccc(C2CC3CCC2(C)C3(C)C)c(O)c1. The average Bonchev–Trinajstić information content (AvgIpc) is 2.61. The quantitative estimate of drug-likeness (QED) is 0.763. The highest BCUT2D eigenvalue weighted by molar-refractivity contribution is 5.41. The Morgan fingerprint density at radius 2 is 1.94 bits per heavy atom. The van der Waals surface area contributed by atoms with Crippen LogP contribution in [0.3, 0.4) is 0 Å². The first-order chi connectivity index (χ1) is 8.36. The second kappa shape index (κ2) is 3.53. The van der Waals surface area contributed by atoms with E-state index in [1.54, 1.807) is 0 Å². The second-order valence-corrected chi connectivity index (χ2v) is 7.23. The number of rotatable bonds is 1. The molecule has 0 radical (unpaired) electrons. The van der Waals surface area contributed by atoms with Crippen LogP contribution in [0.25, 0.3) is 0 Å². The molecule has 3 rings (SSSR count). The van der Waals surface area contributed by atoms with E-state index in [1.807, 2.05) is 13.0 Å². The second-order valence-electron chi connectivity index (χ2n) is 7.23. The summed E-state index contributed by atoms with van der Waals surface area (Å²) in [5.41, 5.74) is 3.08. The van der Waals surface area contributed by atoms with Gasteiger partial charge in [0, 0.05) is 0 Å². The van der Waals surface area contributed by atoms with E-state index in [0.29, 0.717) is 22.5 Å². The minimum absolute atomic E-state index is 0.352. The molecule has 2 bridgehead atoms. The molecule has 0 amide bonds. The fourth-order valence-electron chi connectivity index (χ4n) is 4.62. The number of phenols is 1. The van der Waals surface area contributed by atoms with Crippen LogP contribution in [0.2, 0.25) is 0 Å². The molecule has 2 fully saturated rings. The van der Waals surface area contributed by atoms with Crippen molar-refractivity contribution in [3.8, 4) is 5.75 Å². The van der Waals surface area contributed by atoms with Gasteiger partial charge in [0.1, 0.15) is 5.75 Å². The first-order valence-electron chi connectivity index (χ1n) is 7.16. The Hall–Kier alpha value is -0.980. The number of benzene rings is 1. The summed E-state index contributed by atoms with van der Waals surface area (Å²) in [5, 5.41) is 10.3. The minimum Gasteiger partial charge on any atom is -0.508 e. The van der Waals surface area contributed by atoms with Crippen molar-refractivity contribution in [1.29, 1.82) is 0 Å². The fraction of sp³-hybridized carbons (Fsp3) is 0.647. The third-order valence-electron chi connectivity index (χ3n) is 6.36. The normalized spacial score (nSPS) is 37.1. The van der Waals surface area contributed by atoms with Crippen molar-refractivity contribution < 1.29 is 5.11 Å². The molecule has 2 saturated carbocycles. The van der Waals surface area contributed by atoms with E-state index >= 15 is 0 Å². The maximum atomic E-state index is 10.3. The molecule has 1 heteroatoms. The fourth-order valence-corrected chi connectivity index (χ4v) is 4.62. The predicted molar refractivity (Wildman–Crippen MR) is 74.8 cm³/mol. The van der Waals surface area contributed by atoms with Crippen molar-refractivity contribution in [3.63, 3.8) is 0 Å². The van der Waals surface area contributed by atoms with Crippen LogP contribution < -0.4 is 0 Å². The number of aryl methyl sites for hydroxylation is 1. The van der Waals surface area contributed by atoms with Gasteiger partial charge < -0.3 is 5.11 Å². The largest absolute Gasteiger partial charge is 0.508 e. The van der Waals surface area contributed by atoms with Crippen molar-refractivity contribution in [2.45, 2.75) is 52.9 Å². The van der Waals surface area contributed by atoms with E-state index in [9.17, 15) is 5.11 Å². The van der Waals surface area contributed by atoms with Crippen LogP contribution in [0.1, 0.15) is 57.1 Å². The Morgan fingerprint density at radius 1 is 1.22 bits per heavy atom. The van der Waals surface area contributed by atoms with E-state index in [-0.39, 0.29) is 0 Å². The molecule has 0 heterocycles. The Bertz CT molecular complexity index is 488. The summed E-state index contributed by atoms with van der Waals surface area (Å²) in [6.45, 7) is 9.33. The third kappa shape index (κ3) is 1.34. The predicted octanol–water partition coefficient (Wildman–Crippen LogP) is 4.63. The molecule has 1 aromatic rings. The van der Waals surface area contributed by atoms with E-state index < -0.39 is 0 Å². The zero-order chi connectivity index (χ0) is 13.1. The summed E-state index contributed by atoms with van der Waals surface area (Å²) in [7, 11) is 0. The number of hydrogen-bond acceptors (Lipinski definition) is 1. The zero-order valence-corrected chi connectivity index (χ0v) is 12.0. The van der Waals surface area contributed by atoms with Gasteiger partial charge in [-0.15, -0.1) is 0 Å². The highest BCUT2D eigenvalue weighted by Gasteiger charge is 2.61. The summed E-state index contributed by atoms with van der Waals surface area (Å²) in [4.78, 5) is 0. The molecule has 98 valence electrons. The van der Waals surface area contributed by atoms with E-state index in [4.69, 9.17) is 0 Å². The van der Waals surface area contributed by atoms with Gasteiger partial charge in [0.05, 0.1) is 0 Å². The number of fused-ring (bicyclic) bond motifs is 2. The van der Waals surface area contributed by atoms with Crippen molar-refractivity contribution in [3.05, 3.63) is 29.3 Å². The van der Waals surface area contributed by atoms with E-state index in [1.165, 1.54) is 24.8 Å². The van der Waals surface area contributed by atoms with Crippen LogP contribution in [0, 0.1) is 23.7 Å². The molecule has 18 heavy (non-hydrogen) atoms. The molecule has 0 aliphatic heterocycles. The first-order valence-corrected chi connectivity index (χ1v) is 7.16.